The van der Waals surface area contributed by atoms with Gasteiger partial charge in [0.25, 0.3) is 5.91 Å². The molecular weight excluding hydrogens is 481 g/mol. The Bertz CT molecular complexity index is 1250. The Kier molecular flexibility index (Phi) is 6.66. The monoisotopic (exact) mass is 499 g/mol. The Morgan fingerprint density at radius 2 is 1.97 bits per heavy atom. The summed E-state index contributed by atoms with van der Waals surface area (Å²) >= 11 is 7.66. The summed E-state index contributed by atoms with van der Waals surface area (Å²) in [5.74, 6) is 0.409. The van der Waals surface area contributed by atoms with Crippen molar-refractivity contribution in [1.82, 2.24) is 14.5 Å². The number of nitrogens with zero attached hydrogens (tertiary/aromatic N) is 5. The zero-order chi connectivity index (χ0) is 22.2. The van der Waals surface area contributed by atoms with Crippen LogP contribution in [-0.4, -0.2) is 51.7 Å². The molecule has 1 saturated heterocycles. The molecule has 0 aliphatic carbocycles. The molecule has 7 nitrogen and oxygen atoms in total. The zero-order valence-electron chi connectivity index (χ0n) is 17.3. The maximum atomic E-state index is 13.4. The van der Waals surface area contributed by atoms with Crippen molar-refractivity contribution < 1.29 is 9.59 Å². The molecule has 0 spiro atoms. The van der Waals surface area contributed by atoms with E-state index in [1.807, 2.05) is 22.8 Å². The standard InChI is InChI=1S/C23H18ClN5O2S.ClH/c24-17-2-1-3-18(10-17)28-9-8-27(13-21(28)30)22(31)19-12-26-23-29(19)20(14-32-23)16-6-4-15(11-25)5-7-16;/h1-7,10,12,20H,8-9,13-14H2;1H. The van der Waals surface area contributed by atoms with Crippen molar-refractivity contribution in [3.05, 3.63) is 76.6 Å². The minimum Gasteiger partial charge on any atom is -0.326 e. The number of amides is 2. The van der Waals surface area contributed by atoms with Gasteiger partial charge in [0.05, 0.1) is 23.9 Å². The lowest BCUT2D eigenvalue weighted by Gasteiger charge is -2.34. The van der Waals surface area contributed by atoms with Gasteiger partial charge in [-0.3, -0.25) is 9.59 Å². The molecule has 0 bridgehead atoms. The fourth-order valence-electron chi connectivity index (χ4n) is 4.09. The lowest BCUT2D eigenvalue weighted by molar-refractivity contribution is -0.120. The van der Waals surface area contributed by atoms with E-state index in [1.165, 1.54) is 0 Å². The van der Waals surface area contributed by atoms with Crippen molar-refractivity contribution >= 4 is 53.3 Å². The minimum absolute atomic E-state index is 0. The maximum absolute atomic E-state index is 13.4. The molecule has 3 heterocycles. The number of imidazole rings is 1. The van der Waals surface area contributed by atoms with E-state index in [2.05, 4.69) is 11.1 Å². The van der Waals surface area contributed by atoms with Crippen LogP contribution in [0.15, 0.2) is 59.9 Å². The van der Waals surface area contributed by atoms with Crippen LogP contribution in [0.3, 0.4) is 0 Å². The van der Waals surface area contributed by atoms with E-state index < -0.39 is 0 Å². The smallest absolute Gasteiger partial charge is 0.272 e. The number of rotatable bonds is 3. The molecule has 1 unspecified atom stereocenters. The van der Waals surface area contributed by atoms with Crippen molar-refractivity contribution in [2.75, 3.05) is 30.3 Å². The first kappa shape index (κ1) is 23.2. The molecule has 1 atom stereocenters. The van der Waals surface area contributed by atoms with Crippen LogP contribution in [0.25, 0.3) is 0 Å². The van der Waals surface area contributed by atoms with E-state index in [0.717, 1.165) is 22.2 Å². The molecule has 0 saturated carbocycles. The summed E-state index contributed by atoms with van der Waals surface area (Å²) in [6.07, 6.45) is 1.59. The van der Waals surface area contributed by atoms with Crippen LogP contribution in [0.2, 0.25) is 5.02 Å². The number of benzene rings is 2. The van der Waals surface area contributed by atoms with E-state index in [1.54, 1.807) is 58.1 Å². The Labute approximate surface area is 206 Å². The highest BCUT2D eigenvalue weighted by atomic mass is 35.5. The fourth-order valence-corrected chi connectivity index (χ4v) is 5.41. The van der Waals surface area contributed by atoms with Gasteiger partial charge >= 0.3 is 0 Å². The maximum Gasteiger partial charge on any atom is 0.272 e. The second-order valence-corrected chi connectivity index (χ2v) is 9.03. The van der Waals surface area contributed by atoms with Gasteiger partial charge in [0.1, 0.15) is 12.2 Å². The van der Waals surface area contributed by atoms with E-state index in [4.69, 9.17) is 16.9 Å². The summed E-state index contributed by atoms with van der Waals surface area (Å²) in [4.78, 5) is 33.8. The van der Waals surface area contributed by atoms with Crippen molar-refractivity contribution in [3.8, 4) is 6.07 Å². The number of aromatic nitrogens is 2. The highest BCUT2D eigenvalue weighted by Gasteiger charge is 2.34. The summed E-state index contributed by atoms with van der Waals surface area (Å²) in [7, 11) is 0. The first-order valence-corrected chi connectivity index (χ1v) is 11.5. The predicted molar refractivity (Wildman–Crippen MR) is 129 cm³/mol. The average molecular weight is 500 g/mol. The molecule has 2 aliphatic heterocycles. The second kappa shape index (κ2) is 9.48. The molecule has 0 N–H and O–H groups in total. The number of fused-ring (bicyclic) bond motifs is 1. The lowest BCUT2D eigenvalue weighted by Crippen LogP contribution is -2.52. The number of halogens is 2. The van der Waals surface area contributed by atoms with Gasteiger partial charge in [-0.1, -0.05) is 41.6 Å². The van der Waals surface area contributed by atoms with Gasteiger partial charge in [0.2, 0.25) is 5.91 Å². The molecule has 2 amide bonds. The summed E-state index contributed by atoms with van der Waals surface area (Å²) in [5.41, 5.74) is 2.82. The van der Waals surface area contributed by atoms with Gasteiger partial charge in [0.15, 0.2) is 5.16 Å². The number of carbonyl (C=O) groups excluding carboxylic acids is 2. The van der Waals surface area contributed by atoms with E-state index in [9.17, 15) is 9.59 Å². The highest BCUT2D eigenvalue weighted by Crippen LogP contribution is 2.38. The third kappa shape index (κ3) is 4.32. The third-order valence-corrected chi connectivity index (χ3v) is 6.99. The molecule has 3 aromatic rings. The van der Waals surface area contributed by atoms with Crippen LogP contribution in [0.4, 0.5) is 5.69 Å². The van der Waals surface area contributed by atoms with Crippen molar-refractivity contribution in [1.29, 1.82) is 5.26 Å². The summed E-state index contributed by atoms with van der Waals surface area (Å²) in [6, 6.07) is 16.6. The van der Waals surface area contributed by atoms with Crippen molar-refractivity contribution in [2.45, 2.75) is 11.2 Å². The number of anilines is 1. The molecule has 0 radical (unpaired) electrons. The molecule has 1 fully saturated rings. The minimum atomic E-state index is -0.205. The van der Waals surface area contributed by atoms with Gasteiger partial charge in [-0.25, -0.2) is 4.98 Å². The molecule has 1 aromatic heterocycles. The Hall–Kier alpha value is -2.99. The molecule has 2 aromatic carbocycles. The van der Waals surface area contributed by atoms with Gasteiger partial charge in [0, 0.05) is 29.6 Å². The average Bonchev–Trinajstić information content (AvgIpc) is 3.41. The fraction of sp³-hybridized carbons (Fsp3) is 0.217. The molecule has 168 valence electrons. The largest absolute Gasteiger partial charge is 0.326 e. The number of hydrogen-bond acceptors (Lipinski definition) is 5. The zero-order valence-corrected chi connectivity index (χ0v) is 19.7. The number of hydrogen-bond donors (Lipinski definition) is 0. The Morgan fingerprint density at radius 3 is 2.67 bits per heavy atom. The van der Waals surface area contributed by atoms with Gasteiger partial charge in [-0.2, -0.15) is 5.26 Å². The number of thioether (sulfide) groups is 1. The van der Waals surface area contributed by atoms with E-state index in [-0.39, 0.29) is 36.8 Å². The van der Waals surface area contributed by atoms with Crippen molar-refractivity contribution in [2.24, 2.45) is 0 Å². The van der Waals surface area contributed by atoms with Crippen LogP contribution in [0.5, 0.6) is 0 Å². The third-order valence-electron chi connectivity index (χ3n) is 5.72. The van der Waals surface area contributed by atoms with Gasteiger partial charge in [-0.15, -0.1) is 12.4 Å². The van der Waals surface area contributed by atoms with Crippen molar-refractivity contribution in [3.63, 3.8) is 0 Å². The van der Waals surface area contributed by atoms with Crippen LogP contribution in [0, 0.1) is 11.3 Å². The lowest BCUT2D eigenvalue weighted by atomic mass is 10.1. The molecular formula is C23H19Cl2N5O2S. The number of carbonyl (C=O) groups is 2. The normalized spacial score (nSPS) is 17.3. The van der Waals surface area contributed by atoms with Crippen LogP contribution < -0.4 is 4.90 Å². The SMILES string of the molecule is Cl.N#Cc1ccc(C2CSc3ncc(C(=O)N4CCN(c5cccc(Cl)c5)C(=O)C4)n32)cc1. The summed E-state index contributed by atoms with van der Waals surface area (Å²) < 4.78 is 1.95. The first-order chi connectivity index (χ1) is 15.5. The van der Waals surface area contributed by atoms with Gasteiger partial charge < -0.3 is 14.4 Å². The van der Waals surface area contributed by atoms with Gasteiger partial charge in [-0.05, 0) is 35.9 Å². The van der Waals surface area contributed by atoms with E-state index in [0.29, 0.717) is 29.4 Å². The molecule has 33 heavy (non-hydrogen) atoms. The van der Waals surface area contributed by atoms with Crippen LogP contribution in [0.1, 0.15) is 27.7 Å². The Morgan fingerprint density at radius 1 is 1.18 bits per heavy atom. The number of nitriles is 1. The second-order valence-electron chi connectivity index (χ2n) is 7.61. The summed E-state index contributed by atoms with van der Waals surface area (Å²) in [5, 5.41) is 10.4. The molecule has 10 heteroatoms. The topological polar surface area (TPSA) is 82.2 Å². The van der Waals surface area contributed by atoms with E-state index >= 15 is 0 Å². The number of piperazine rings is 1. The highest BCUT2D eigenvalue weighted by molar-refractivity contribution is 7.99. The molecule has 5 rings (SSSR count). The summed E-state index contributed by atoms with van der Waals surface area (Å²) in [6.45, 7) is 0.826. The molecule has 2 aliphatic rings. The predicted octanol–water partition coefficient (Wildman–Crippen LogP) is 4.01. The van der Waals surface area contributed by atoms with Crippen LogP contribution in [-0.2, 0) is 4.79 Å². The Balaban J connectivity index is 0.00000259. The first-order valence-electron chi connectivity index (χ1n) is 10.1. The quantitative estimate of drug-likeness (QED) is 0.543. The van der Waals surface area contributed by atoms with Crippen LogP contribution >= 0.6 is 35.8 Å².